The second kappa shape index (κ2) is 11.1. The lowest BCUT2D eigenvalue weighted by Gasteiger charge is -2.32. The summed E-state index contributed by atoms with van der Waals surface area (Å²) in [4.78, 5) is 0. The molecule has 0 aliphatic rings. The van der Waals surface area contributed by atoms with Crippen molar-refractivity contribution in [3.05, 3.63) is 106 Å². The van der Waals surface area contributed by atoms with Crippen LogP contribution in [0.3, 0.4) is 0 Å². The second-order valence-electron chi connectivity index (χ2n) is 25.3. The molecule has 0 heteroatoms. The maximum Gasteiger partial charge on any atom is 0.0255 e. The van der Waals surface area contributed by atoms with Gasteiger partial charge in [0.15, 0.2) is 0 Å². The van der Waals surface area contributed by atoms with Crippen molar-refractivity contribution < 1.29 is 0 Å². The van der Waals surface area contributed by atoms with Crippen molar-refractivity contribution in [1.82, 2.24) is 0 Å². The fourth-order valence-corrected chi connectivity index (χ4v) is 12.5. The van der Waals surface area contributed by atoms with Crippen molar-refractivity contribution in [1.29, 1.82) is 0 Å². The fourth-order valence-electron chi connectivity index (χ4n) is 12.5. The first-order valence-electron chi connectivity index (χ1n) is 23.7. The molecule has 0 amide bonds. The molecule has 13 aromatic carbocycles. The highest BCUT2D eigenvalue weighted by Crippen LogP contribution is 2.62. The first-order chi connectivity index (χ1) is 29.9. The molecule has 0 aromatic heterocycles. The van der Waals surface area contributed by atoms with Crippen LogP contribution in [-0.2, 0) is 27.1 Å². The van der Waals surface area contributed by atoms with Gasteiger partial charge in [0, 0.05) is 5.56 Å². The van der Waals surface area contributed by atoms with Crippen LogP contribution < -0.4 is 0 Å². The molecule has 64 heavy (non-hydrogen) atoms. The van der Waals surface area contributed by atoms with Crippen molar-refractivity contribution in [2.75, 3.05) is 0 Å². The third kappa shape index (κ3) is 4.52. The minimum Gasteiger partial charge on any atom is -0.115 e. The summed E-state index contributed by atoms with van der Waals surface area (Å²) in [6.45, 7) is 35.8. The predicted molar refractivity (Wildman–Crippen MR) is 285 cm³/mol. The molecule has 0 spiro atoms. The van der Waals surface area contributed by atoms with Gasteiger partial charge in [-0.25, -0.2) is 0 Å². The van der Waals surface area contributed by atoms with Crippen molar-refractivity contribution in [3.8, 4) is 12.3 Å². The Labute approximate surface area is 377 Å². The maximum absolute atomic E-state index is 6.51. The second-order valence-corrected chi connectivity index (χ2v) is 25.3. The molecule has 314 valence electrons. The zero-order valence-electron chi connectivity index (χ0n) is 40.5. The molecule has 0 saturated heterocycles. The van der Waals surface area contributed by atoms with Gasteiger partial charge < -0.3 is 0 Å². The van der Waals surface area contributed by atoms with E-state index in [0.29, 0.717) is 0 Å². The largest absolute Gasteiger partial charge is 0.115 e. The summed E-state index contributed by atoms with van der Waals surface area (Å²) in [5.41, 5.74) is 7.50. The Morgan fingerprint density at radius 3 is 0.500 bits per heavy atom. The van der Waals surface area contributed by atoms with E-state index >= 15 is 0 Å². The number of rotatable bonds is 0. The van der Waals surface area contributed by atoms with E-state index in [1.54, 1.807) is 0 Å². The van der Waals surface area contributed by atoms with Gasteiger partial charge in [-0.05, 0) is 257 Å². The Bertz CT molecular complexity index is 3960. The molecule has 0 radical (unpaired) electrons. The smallest absolute Gasteiger partial charge is 0.0255 e. The average molecular weight is 827 g/mol. The van der Waals surface area contributed by atoms with Gasteiger partial charge in [-0.2, -0.15) is 0 Å². The number of benzene rings is 13. The van der Waals surface area contributed by atoms with E-state index in [-0.39, 0.29) is 27.1 Å². The van der Waals surface area contributed by atoms with Gasteiger partial charge in [0.2, 0.25) is 0 Å². The lowest BCUT2D eigenvalue weighted by Crippen LogP contribution is -2.14. The number of terminal acetylenes is 1. The van der Waals surface area contributed by atoms with Gasteiger partial charge in [-0.1, -0.05) is 110 Å². The normalized spacial score (nSPS) is 14.5. The summed E-state index contributed by atoms with van der Waals surface area (Å²) in [6.07, 6.45) is 6.51. The zero-order valence-corrected chi connectivity index (χ0v) is 40.5. The van der Waals surface area contributed by atoms with Crippen LogP contribution in [-0.4, -0.2) is 0 Å². The Hall–Kier alpha value is -5.90. The van der Waals surface area contributed by atoms with Gasteiger partial charge in [0.05, 0.1) is 0 Å². The van der Waals surface area contributed by atoms with E-state index in [0.717, 1.165) is 5.56 Å². The lowest BCUT2D eigenvalue weighted by atomic mass is 9.70. The minimum absolute atomic E-state index is 0.0547. The van der Waals surface area contributed by atoms with E-state index in [4.69, 9.17) is 6.42 Å². The molecule has 13 aromatic rings. The van der Waals surface area contributed by atoms with E-state index in [9.17, 15) is 0 Å². The molecule has 13 rings (SSSR count). The number of hydrogen-bond acceptors (Lipinski definition) is 0. The van der Waals surface area contributed by atoms with E-state index in [1.807, 2.05) is 0 Å². The van der Waals surface area contributed by atoms with Crippen molar-refractivity contribution in [3.63, 3.8) is 0 Å². The third-order valence-corrected chi connectivity index (χ3v) is 16.1. The van der Waals surface area contributed by atoms with Crippen LogP contribution in [0.1, 0.15) is 137 Å². The third-order valence-electron chi connectivity index (χ3n) is 16.1. The highest BCUT2D eigenvalue weighted by atomic mass is 14.4. The summed E-state index contributed by atoms with van der Waals surface area (Å²) in [6, 6.07) is 30.5. The Morgan fingerprint density at radius 1 is 0.234 bits per heavy atom. The zero-order chi connectivity index (χ0) is 45.0. The average Bonchev–Trinajstić information content (AvgIpc) is 3.21. The predicted octanol–water partition coefficient (Wildman–Crippen LogP) is 18.6. The maximum atomic E-state index is 6.51. The summed E-state index contributed by atoms with van der Waals surface area (Å²) >= 11 is 0. The summed E-state index contributed by atoms with van der Waals surface area (Å²) in [5.74, 6) is 3.17. The molecule has 0 saturated carbocycles. The van der Waals surface area contributed by atoms with Crippen LogP contribution in [0.4, 0.5) is 0 Å². The molecule has 0 unspecified atom stereocenters. The minimum atomic E-state index is -0.0718. The first kappa shape index (κ1) is 38.5. The molecule has 0 bridgehead atoms. The van der Waals surface area contributed by atoms with Gasteiger partial charge in [-0.3, -0.25) is 0 Å². The van der Waals surface area contributed by atoms with Gasteiger partial charge in [0.25, 0.3) is 0 Å². The molecule has 0 aliphatic heterocycles. The van der Waals surface area contributed by atoms with E-state index in [2.05, 4.69) is 183 Å². The molecule has 0 aliphatic carbocycles. The molecule has 0 heterocycles. The summed E-state index contributed by atoms with van der Waals surface area (Å²) in [7, 11) is 0. The van der Waals surface area contributed by atoms with E-state index < -0.39 is 0 Å². The molecule has 0 N–H and O–H groups in total. The Morgan fingerprint density at radius 2 is 0.375 bits per heavy atom. The highest BCUT2D eigenvalue weighted by Gasteiger charge is 2.35. The molecular formula is C64H58. The van der Waals surface area contributed by atoms with Crippen LogP contribution in [0.15, 0.2) is 72.8 Å². The van der Waals surface area contributed by atoms with Crippen molar-refractivity contribution >= 4 is 129 Å². The topological polar surface area (TPSA) is 0 Å². The highest BCUT2D eigenvalue weighted by molar-refractivity contribution is 6.61. The standard InChI is InChI=1S/C64H58/c1-17-30-18-36-38-20-31(60(2,3)4)22-40-42-24-33(62(8,9)10)26-44-46-28-35(64(14,15)16)29-47-45-27-34(63(11,12)13)25-43-41-23-32(61(5,6)7)21-39-37(19-30)48(36)54-55(49(38)40)57(51(42)44)59(53(46)47)58(52(43)45)56(54)50(39)41/h1,18-29H,2-16H3. The van der Waals surface area contributed by atoms with E-state index in [1.165, 1.54) is 157 Å². The molecule has 0 atom stereocenters. The molecule has 0 fully saturated rings. The quantitative estimate of drug-likeness (QED) is 0.0812. The van der Waals surface area contributed by atoms with Crippen molar-refractivity contribution in [2.45, 2.75) is 131 Å². The first-order valence-corrected chi connectivity index (χ1v) is 23.7. The fraction of sp³-hybridized carbons (Fsp3) is 0.312. The number of fused-ring (bicyclic) bond motifs is 6. The van der Waals surface area contributed by atoms with Crippen molar-refractivity contribution in [2.24, 2.45) is 0 Å². The summed E-state index contributed by atoms with van der Waals surface area (Å²) < 4.78 is 0. The SMILES string of the molecule is C#Cc1cc2c3cc(C(C)(C)C)cc4c5cc(C(C)(C)C)cc6c7cc(C(C)(C)C)cc8c9cc(C(C)(C)C)cc%10c%11cc(C(C)(C)C)cc%12c(c1)c2c1c(c34)c(c56)c(c78)c(c%109)c1c%12%11. The summed E-state index contributed by atoms with van der Waals surface area (Å²) in [5, 5.41) is 33.3. The number of hydrogen-bond donors (Lipinski definition) is 0. The lowest BCUT2D eigenvalue weighted by molar-refractivity contribution is 0.591. The van der Waals surface area contributed by atoms with Crippen LogP contribution in [0.5, 0.6) is 0 Å². The van der Waals surface area contributed by atoms with Gasteiger partial charge in [-0.15, -0.1) is 6.42 Å². The Kier molecular flexibility index (Phi) is 6.70. The van der Waals surface area contributed by atoms with Crippen LogP contribution in [0.2, 0.25) is 0 Å². The monoisotopic (exact) mass is 826 g/mol. The molecule has 0 nitrogen and oxygen atoms in total. The van der Waals surface area contributed by atoms with Crippen LogP contribution in [0.25, 0.3) is 129 Å². The molecular weight excluding hydrogens is 769 g/mol. The van der Waals surface area contributed by atoms with Crippen LogP contribution in [0, 0.1) is 12.3 Å². The Balaban J connectivity index is 1.51. The van der Waals surface area contributed by atoms with Gasteiger partial charge in [0.1, 0.15) is 0 Å². The van der Waals surface area contributed by atoms with Gasteiger partial charge >= 0.3 is 0 Å². The van der Waals surface area contributed by atoms with Crippen LogP contribution >= 0.6 is 0 Å².